The molecule has 1 aliphatic heterocycles. The highest BCUT2D eigenvalue weighted by Crippen LogP contribution is 2.36. The molecule has 5 aromatic heterocycles. The molecule has 0 amide bonds. The minimum atomic E-state index is 0.678. The second-order valence-corrected chi connectivity index (χ2v) is 10.8. The molecule has 178 valence electrons. The van der Waals surface area contributed by atoms with Gasteiger partial charge in [0.25, 0.3) is 0 Å². The van der Waals surface area contributed by atoms with Crippen molar-refractivity contribution in [2.45, 2.75) is 19.4 Å². The maximum absolute atomic E-state index is 6.19. The normalized spacial score (nSPS) is 14.4. The van der Waals surface area contributed by atoms with E-state index >= 15 is 0 Å². The van der Waals surface area contributed by atoms with Gasteiger partial charge in [-0.2, -0.15) is 5.10 Å². The molecule has 0 atom stereocenters. The Balaban J connectivity index is 1.28. The number of pyridine rings is 2. The first kappa shape index (κ1) is 21.7. The van der Waals surface area contributed by atoms with Gasteiger partial charge in [0.1, 0.15) is 5.52 Å². The number of H-pyrrole nitrogens is 2. The third-order valence-corrected chi connectivity index (χ3v) is 7.94. The number of rotatable bonds is 5. The van der Waals surface area contributed by atoms with Crippen molar-refractivity contribution < 1.29 is 0 Å². The molecule has 1 saturated heterocycles. The molecule has 1 aromatic carbocycles. The van der Waals surface area contributed by atoms with Crippen LogP contribution in [-0.2, 0) is 6.54 Å². The van der Waals surface area contributed by atoms with Crippen molar-refractivity contribution in [1.82, 2.24) is 35.0 Å². The van der Waals surface area contributed by atoms with Crippen LogP contribution in [0.2, 0.25) is 4.34 Å². The third-order valence-electron chi connectivity index (χ3n) is 6.68. The Morgan fingerprint density at radius 2 is 1.86 bits per heavy atom. The zero-order chi connectivity index (χ0) is 24.1. The van der Waals surface area contributed by atoms with Crippen LogP contribution in [0.25, 0.3) is 55.3 Å². The Labute approximate surface area is 216 Å². The third kappa shape index (κ3) is 3.87. The number of aromatic amines is 2. The second-order valence-electron chi connectivity index (χ2n) is 9.12. The van der Waals surface area contributed by atoms with Crippen molar-refractivity contribution >= 4 is 45.0 Å². The maximum atomic E-state index is 6.19. The van der Waals surface area contributed by atoms with Gasteiger partial charge < -0.3 is 4.98 Å². The van der Waals surface area contributed by atoms with E-state index in [0.717, 1.165) is 67.7 Å². The van der Waals surface area contributed by atoms with Gasteiger partial charge in [-0.05, 0) is 67.9 Å². The predicted molar refractivity (Wildman–Crippen MR) is 145 cm³/mol. The van der Waals surface area contributed by atoms with Gasteiger partial charge in [0.2, 0.25) is 0 Å². The summed E-state index contributed by atoms with van der Waals surface area (Å²) in [7, 11) is 0. The number of hydrogen-bond donors (Lipinski definition) is 2. The quantitative estimate of drug-likeness (QED) is 0.274. The summed E-state index contributed by atoms with van der Waals surface area (Å²) in [6.45, 7) is 3.24. The van der Waals surface area contributed by atoms with E-state index in [2.05, 4.69) is 37.2 Å². The molecule has 0 bridgehead atoms. The Morgan fingerprint density at radius 3 is 2.72 bits per heavy atom. The molecule has 6 heterocycles. The zero-order valence-electron chi connectivity index (χ0n) is 19.3. The summed E-state index contributed by atoms with van der Waals surface area (Å²) in [6, 6.07) is 16.3. The molecular formula is C27H22ClN7S. The molecule has 7 nitrogen and oxygen atoms in total. The maximum Gasteiger partial charge on any atom is 0.161 e. The summed E-state index contributed by atoms with van der Waals surface area (Å²) >= 11 is 7.74. The van der Waals surface area contributed by atoms with Crippen molar-refractivity contribution in [3.8, 4) is 33.2 Å². The average molecular weight is 512 g/mol. The lowest BCUT2D eigenvalue weighted by molar-refractivity contribution is 0.331. The Kier molecular flexibility index (Phi) is 5.31. The smallest absolute Gasteiger partial charge is 0.161 e. The molecule has 36 heavy (non-hydrogen) atoms. The molecule has 6 aromatic rings. The van der Waals surface area contributed by atoms with E-state index in [1.165, 1.54) is 18.4 Å². The number of thiophene rings is 1. The molecule has 0 radical (unpaired) electrons. The van der Waals surface area contributed by atoms with Crippen LogP contribution in [0.3, 0.4) is 0 Å². The highest BCUT2D eigenvalue weighted by molar-refractivity contribution is 7.19. The minimum absolute atomic E-state index is 0.678. The van der Waals surface area contributed by atoms with Crippen molar-refractivity contribution in [1.29, 1.82) is 0 Å². The van der Waals surface area contributed by atoms with Crippen LogP contribution < -0.4 is 0 Å². The summed E-state index contributed by atoms with van der Waals surface area (Å²) < 4.78 is 0.756. The van der Waals surface area contributed by atoms with Crippen molar-refractivity contribution in [2.75, 3.05) is 13.1 Å². The van der Waals surface area contributed by atoms with E-state index in [-0.39, 0.29) is 0 Å². The topological polar surface area (TPSA) is 86.4 Å². The lowest BCUT2D eigenvalue weighted by Crippen LogP contribution is -2.18. The van der Waals surface area contributed by atoms with Gasteiger partial charge in [0.05, 0.1) is 26.6 Å². The Bertz CT molecular complexity index is 1710. The first-order valence-corrected chi connectivity index (χ1v) is 13.2. The average Bonchev–Trinajstić information content (AvgIpc) is 3.70. The van der Waals surface area contributed by atoms with Crippen molar-refractivity contribution in [2.24, 2.45) is 0 Å². The van der Waals surface area contributed by atoms with E-state index < -0.39 is 0 Å². The number of fused-ring (bicyclic) bond motifs is 2. The van der Waals surface area contributed by atoms with Crippen LogP contribution in [0.5, 0.6) is 0 Å². The monoisotopic (exact) mass is 511 g/mol. The SMILES string of the molecule is Clc1ccc(-c2cccc3[nH]c(-c4n[nH]c5ccc(-c6cncc(CN7CCCC7)c6)nc45)nc23)s1. The Hall–Kier alpha value is -3.59. The highest BCUT2D eigenvalue weighted by atomic mass is 35.5. The van der Waals surface area contributed by atoms with Crippen LogP contribution >= 0.6 is 22.9 Å². The number of nitrogens with zero attached hydrogens (tertiary/aromatic N) is 5. The molecule has 0 aliphatic carbocycles. The van der Waals surface area contributed by atoms with Crippen LogP contribution in [0.1, 0.15) is 18.4 Å². The van der Waals surface area contributed by atoms with E-state index in [9.17, 15) is 0 Å². The predicted octanol–water partition coefficient (Wildman–Crippen LogP) is 6.54. The number of halogens is 1. The zero-order valence-corrected chi connectivity index (χ0v) is 20.9. The Morgan fingerprint density at radius 1 is 0.944 bits per heavy atom. The number of nitrogens with one attached hydrogen (secondary N) is 2. The molecule has 2 N–H and O–H groups in total. The van der Waals surface area contributed by atoms with E-state index in [1.54, 1.807) is 11.3 Å². The summed E-state index contributed by atoms with van der Waals surface area (Å²) in [5.41, 5.74) is 8.28. The number of imidazole rings is 1. The standard InChI is InChI=1S/C27H22ClN7S/c28-23-9-8-22(36-23)18-4-3-5-20-24(18)32-27(31-20)26-25-21(33-34-26)7-6-19(30-25)17-12-16(13-29-14-17)15-35-10-1-2-11-35/h3-9,12-14H,1-2,10-11,15H2,(H,31,32)(H,33,34). The summed E-state index contributed by atoms with van der Waals surface area (Å²) in [6.07, 6.45) is 6.38. The fraction of sp³-hybridized carbons (Fsp3) is 0.185. The van der Waals surface area contributed by atoms with Gasteiger partial charge in [-0.25, -0.2) is 9.97 Å². The van der Waals surface area contributed by atoms with E-state index in [0.29, 0.717) is 11.5 Å². The summed E-state index contributed by atoms with van der Waals surface area (Å²) in [4.78, 5) is 21.4. The molecule has 1 aliphatic rings. The van der Waals surface area contributed by atoms with Gasteiger partial charge in [-0.15, -0.1) is 11.3 Å². The van der Waals surface area contributed by atoms with Gasteiger partial charge in [-0.1, -0.05) is 23.7 Å². The van der Waals surface area contributed by atoms with E-state index in [4.69, 9.17) is 21.6 Å². The molecule has 7 rings (SSSR count). The summed E-state index contributed by atoms with van der Waals surface area (Å²) in [5.74, 6) is 0.678. The van der Waals surface area contributed by atoms with Crippen molar-refractivity contribution in [3.63, 3.8) is 0 Å². The van der Waals surface area contributed by atoms with Crippen molar-refractivity contribution in [3.05, 3.63) is 70.8 Å². The fourth-order valence-electron chi connectivity index (χ4n) is 4.94. The first-order valence-electron chi connectivity index (χ1n) is 12.0. The largest absolute Gasteiger partial charge is 0.336 e. The number of aromatic nitrogens is 6. The molecule has 1 fully saturated rings. The van der Waals surface area contributed by atoms with Gasteiger partial charge in [0.15, 0.2) is 11.5 Å². The fourth-order valence-corrected chi connectivity index (χ4v) is 6.01. The number of para-hydroxylation sites is 1. The van der Waals surface area contributed by atoms with Gasteiger partial charge >= 0.3 is 0 Å². The molecule has 0 unspecified atom stereocenters. The number of benzene rings is 1. The number of hydrogen-bond acceptors (Lipinski definition) is 6. The molecular weight excluding hydrogens is 490 g/mol. The van der Waals surface area contributed by atoms with Crippen LogP contribution in [0.4, 0.5) is 0 Å². The minimum Gasteiger partial charge on any atom is -0.336 e. The molecule has 9 heteroatoms. The first-order chi connectivity index (χ1) is 17.7. The highest BCUT2D eigenvalue weighted by Gasteiger charge is 2.18. The van der Waals surface area contributed by atoms with Crippen LogP contribution in [0.15, 0.2) is 60.9 Å². The van der Waals surface area contributed by atoms with Gasteiger partial charge in [0, 0.05) is 34.9 Å². The van der Waals surface area contributed by atoms with Crippen LogP contribution in [-0.4, -0.2) is 48.1 Å². The van der Waals surface area contributed by atoms with Crippen LogP contribution in [0, 0.1) is 0 Å². The van der Waals surface area contributed by atoms with Gasteiger partial charge in [-0.3, -0.25) is 15.0 Å². The summed E-state index contributed by atoms with van der Waals surface area (Å²) in [5, 5.41) is 7.67. The lowest BCUT2D eigenvalue weighted by Gasteiger charge is -2.14. The van der Waals surface area contributed by atoms with E-state index in [1.807, 2.05) is 48.8 Å². The lowest BCUT2D eigenvalue weighted by atomic mass is 10.1. The second kappa shape index (κ2) is 8.81. The molecule has 0 saturated carbocycles. The molecule has 0 spiro atoms. The number of likely N-dealkylation sites (tertiary alicyclic amines) is 1.